The Bertz CT molecular complexity index is 1300. The summed E-state index contributed by atoms with van der Waals surface area (Å²) in [4.78, 5) is 35.8. The van der Waals surface area contributed by atoms with Crippen LogP contribution in [0.1, 0.15) is 37.6 Å². The molecule has 1 atom stereocenters. The Hall–Kier alpha value is -3.76. The highest BCUT2D eigenvalue weighted by Crippen LogP contribution is 2.30. The molecule has 0 saturated carbocycles. The molecule has 1 aliphatic heterocycles. The van der Waals surface area contributed by atoms with E-state index < -0.39 is 17.2 Å². The average Bonchev–Trinajstić information content (AvgIpc) is 3.39. The first kappa shape index (κ1) is 25.3. The van der Waals surface area contributed by atoms with Crippen LogP contribution in [0.3, 0.4) is 0 Å². The van der Waals surface area contributed by atoms with Gasteiger partial charge >= 0.3 is 6.09 Å². The van der Waals surface area contributed by atoms with E-state index >= 15 is 4.39 Å². The molecular formula is C25H30F2N6O3. The molecule has 192 valence electrons. The summed E-state index contributed by atoms with van der Waals surface area (Å²) in [5.41, 5.74) is 0.0451. The molecular weight excluding hydrogens is 470 g/mol. The Morgan fingerprint density at radius 2 is 1.94 bits per heavy atom. The van der Waals surface area contributed by atoms with Gasteiger partial charge in [0.1, 0.15) is 29.2 Å². The molecule has 9 nitrogen and oxygen atoms in total. The van der Waals surface area contributed by atoms with E-state index in [1.165, 1.54) is 29.6 Å². The largest absolute Gasteiger partial charge is 0.444 e. The Balaban J connectivity index is 1.52. The van der Waals surface area contributed by atoms with E-state index in [-0.39, 0.29) is 40.4 Å². The van der Waals surface area contributed by atoms with Crippen molar-refractivity contribution in [2.24, 2.45) is 5.92 Å². The van der Waals surface area contributed by atoms with Gasteiger partial charge < -0.3 is 24.4 Å². The van der Waals surface area contributed by atoms with Crippen molar-refractivity contribution in [2.75, 3.05) is 32.5 Å². The standard InChI is InChI=1S/C25H30F2N6O3/c1-25(2,3)36-24(35)32-9-8-15(11-32)12-33-13-18(27)20-21(28-14-29-22(20)33)30-19-7-6-16(10-17(19)26)23(34)31(4)5/h6-7,10,13-15H,8-9,11-12H2,1-5H3,(H,28,29,30)/t15-/m0/s1. The maximum absolute atomic E-state index is 15.0. The molecule has 1 aromatic carbocycles. The number of fused-ring (bicyclic) bond motifs is 1. The smallest absolute Gasteiger partial charge is 0.410 e. The molecule has 3 heterocycles. The summed E-state index contributed by atoms with van der Waals surface area (Å²) >= 11 is 0. The molecule has 1 N–H and O–H groups in total. The van der Waals surface area contributed by atoms with Crippen molar-refractivity contribution in [1.82, 2.24) is 24.3 Å². The monoisotopic (exact) mass is 500 g/mol. The van der Waals surface area contributed by atoms with Gasteiger partial charge in [0.2, 0.25) is 0 Å². The highest BCUT2D eigenvalue weighted by atomic mass is 19.1. The van der Waals surface area contributed by atoms with Gasteiger partial charge in [-0.1, -0.05) is 0 Å². The van der Waals surface area contributed by atoms with Gasteiger partial charge in [0.05, 0.1) is 11.1 Å². The minimum absolute atomic E-state index is 0.0567. The number of anilines is 2. The fourth-order valence-electron chi connectivity index (χ4n) is 4.20. The molecule has 0 aliphatic carbocycles. The van der Waals surface area contributed by atoms with E-state index in [1.54, 1.807) is 23.6 Å². The first-order valence-corrected chi connectivity index (χ1v) is 11.7. The minimum Gasteiger partial charge on any atom is -0.444 e. The van der Waals surface area contributed by atoms with Crippen LogP contribution in [0.2, 0.25) is 0 Å². The second kappa shape index (κ2) is 9.71. The van der Waals surface area contributed by atoms with Gasteiger partial charge in [0, 0.05) is 45.5 Å². The topological polar surface area (TPSA) is 92.6 Å². The Kier molecular flexibility index (Phi) is 6.83. The number of nitrogens with one attached hydrogen (secondary N) is 1. The summed E-state index contributed by atoms with van der Waals surface area (Å²) in [5, 5.41) is 2.96. The van der Waals surface area contributed by atoms with Crippen molar-refractivity contribution in [2.45, 2.75) is 39.3 Å². The van der Waals surface area contributed by atoms with E-state index in [1.807, 2.05) is 20.8 Å². The van der Waals surface area contributed by atoms with Crippen molar-refractivity contribution in [1.29, 1.82) is 0 Å². The molecule has 1 aliphatic rings. The van der Waals surface area contributed by atoms with Gasteiger partial charge in [-0.15, -0.1) is 0 Å². The number of hydrogen-bond acceptors (Lipinski definition) is 6. The maximum Gasteiger partial charge on any atom is 0.410 e. The molecule has 2 aromatic heterocycles. The summed E-state index contributed by atoms with van der Waals surface area (Å²) in [6, 6.07) is 4.03. The van der Waals surface area contributed by atoms with Gasteiger partial charge in [-0.2, -0.15) is 0 Å². The minimum atomic E-state index is -0.664. The third-order valence-corrected chi connectivity index (χ3v) is 5.88. The van der Waals surface area contributed by atoms with Crippen molar-refractivity contribution in [3.05, 3.63) is 47.9 Å². The van der Waals surface area contributed by atoms with E-state index in [9.17, 15) is 14.0 Å². The number of carbonyl (C=O) groups is 2. The molecule has 0 radical (unpaired) electrons. The summed E-state index contributed by atoms with van der Waals surface area (Å²) in [6.07, 6.45) is 3.02. The summed E-state index contributed by atoms with van der Waals surface area (Å²) < 4.78 is 36.9. The molecule has 4 rings (SSSR count). The Morgan fingerprint density at radius 3 is 2.61 bits per heavy atom. The summed E-state index contributed by atoms with van der Waals surface area (Å²) in [7, 11) is 3.16. The zero-order valence-corrected chi connectivity index (χ0v) is 21.0. The molecule has 1 saturated heterocycles. The van der Waals surface area contributed by atoms with Crippen LogP contribution < -0.4 is 5.32 Å². The number of nitrogens with zero attached hydrogens (tertiary/aromatic N) is 5. The predicted octanol–water partition coefficient (Wildman–Crippen LogP) is 4.41. The van der Waals surface area contributed by atoms with E-state index in [2.05, 4.69) is 15.3 Å². The quantitative estimate of drug-likeness (QED) is 0.558. The summed E-state index contributed by atoms with van der Waals surface area (Å²) in [5.74, 6) is -1.33. The van der Waals surface area contributed by atoms with Crippen LogP contribution in [0.15, 0.2) is 30.7 Å². The number of halogens is 2. The molecule has 0 bridgehead atoms. The van der Waals surface area contributed by atoms with Gasteiger partial charge in [-0.05, 0) is 51.3 Å². The molecule has 0 spiro atoms. The SMILES string of the molecule is CN(C)C(=O)c1ccc(Nc2ncnc3c2c(F)cn3C[C@H]2CCN(C(=O)OC(C)(C)C)C2)c(F)c1. The molecule has 11 heteroatoms. The lowest BCUT2D eigenvalue weighted by molar-refractivity contribution is 0.0287. The number of ether oxygens (including phenoxy) is 1. The van der Waals surface area contributed by atoms with Crippen LogP contribution in [0.5, 0.6) is 0 Å². The first-order valence-electron chi connectivity index (χ1n) is 11.7. The molecule has 3 aromatic rings. The molecule has 36 heavy (non-hydrogen) atoms. The first-order chi connectivity index (χ1) is 16.9. The number of likely N-dealkylation sites (tertiary alicyclic amines) is 1. The number of carbonyl (C=O) groups excluding carboxylic acids is 2. The maximum atomic E-state index is 15.0. The van der Waals surface area contributed by atoms with E-state index in [4.69, 9.17) is 4.74 Å². The lowest BCUT2D eigenvalue weighted by Gasteiger charge is -2.24. The van der Waals surface area contributed by atoms with E-state index in [0.717, 1.165) is 12.5 Å². The Labute approximate surface area is 208 Å². The normalized spacial score (nSPS) is 15.9. The second-order valence-corrected chi connectivity index (χ2v) is 10.2. The van der Waals surface area contributed by atoms with Gasteiger partial charge in [0.25, 0.3) is 5.91 Å². The van der Waals surface area contributed by atoms with Crippen molar-refractivity contribution >= 4 is 34.5 Å². The van der Waals surface area contributed by atoms with E-state index in [0.29, 0.717) is 25.3 Å². The van der Waals surface area contributed by atoms with Crippen molar-refractivity contribution in [3.63, 3.8) is 0 Å². The zero-order valence-electron chi connectivity index (χ0n) is 21.0. The number of aromatic nitrogens is 3. The average molecular weight is 501 g/mol. The fourth-order valence-corrected chi connectivity index (χ4v) is 4.20. The molecule has 1 fully saturated rings. The number of rotatable bonds is 5. The second-order valence-electron chi connectivity index (χ2n) is 10.2. The van der Waals surface area contributed by atoms with Crippen molar-refractivity contribution in [3.8, 4) is 0 Å². The van der Waals surface area contributed by atoms with Crippen LogP contribution >= 0.6 is 0 Å². The third-order valence-electron chi connectivity index (χ3n) is 5.88. The third kappa shape index (κ3) is 5.39. The predicted molar refractivity (Wildman–Crippen MR) is 131 cm³/mol. The van der Waals surface area contributed by atoms with Gasteiger partial charge in [-0.3, -0.25) is 4.79 Å². The van der Waals surface area contributed by atoms with Gasteiger partial charge in [-0.25, -0.2) is 23.5 Å². The zero-order chi connectivity index (χ0) is 26.2. The van der Waals surface area contributed by atoms with Crippen LogP contribution in [-0.4, -0.2) is 69.1 Å². The van der Waals surface area contributed by atoms with Crippen LogP contribution in [-0.2, 0) is 11.3 Å². The molecule has 2 amide bonds. The number of hydrogen-bond donors (Lipinski definition) is 1. The Morgan fingerprint density at radius 1 is 1.19 bits per heavy atom. The lowest BCUT2D eigenvalue weighted by Crippen LogP contribution is -2.35. The lowest BCUT2D eigenvalue weighted by atomic mass is 10.1. The highest BCUT2D eigenvalue weighted by Gasteiger charge is 2.30. The van der Waals surface area contributed by atoms with Crippen LogP contribution in [0.4, 0.5) is 25.1 Å². The van der Waals surface area contributed by atoms with Crippen LogP contribution in [0, 0.1) is 17.6 Å². The number of amides is 2. The van der Waals surface area contributed by atoms with Gasteiger partial charge in [0.15, 0.2) is 5.82 Å². The summed E-state index contributed by atoms with van der Waals surface area (Å²) in [6.45, 7) is 6.97. The number of benzene rings is 1. The van der Waals surface area contributed by atoms with Crippen LogP contribution in [0.25, 0.3) is 11.0 Å². The molecule has 0 unspecified atom stereocenters. The fraction of sp³-hybridized carbons (Fsp3) is 0.440. The highest BCUT2D eigenvalue weighted by molar-refractivity contribution is 5.95. The van der Waals surface area contributed by atoms with Crippen molar-refractivity contribution < 1.29 is 23.1 Å².